The molecule has 4 nitrogen and oxygen atoms in total. The Morgan fingerprint density at radius 2 is 2.17 bits per heavy atom. The molecule has 1 aliphatic carbocycles. The summed E-state index contributed by atoms with van der Waals surface area (Å²) in [6.07, 6.45) is 4.16. The minimum atomic E-state index is -0.517. The Bertz CT molecular complexity index is 747. The number of nitrogens with zero attached hydrogens (tertiary/aromatic N) is 1. The van der Waals surface area contributed by atoms with E-state index in [1.54, 1.807) is 12.3 Å². The number of hydrogen-bond donors (Lipinski definition) is 2. The number of carbonyl (C=O) groups is 1. The first-order valence-corrected chi connectivity index (χ1v) is 7.87. The van der Waals surface area contributed by atoms with Gasteiger partial charge in [0.25, 0.3) is 5.91 Å². The molecule has 1 amide bonds. The van der Waals surface area contributed by atoms with Crippen LogP contribution in [0, 0.1) is 18.7 Å². The van der Waals surface area contributed by atoms with Crippen molar-refractivity contribution in [2.24, 2.45) is 5.92 Å². The van der Waals surface area contributed by atoms with E-state index in [9.17, 15) is 9.18 Å². The minimum absolute atomic E-state index is 0.0268. The number of hydrogen-bond acceptors (Lipinski definition) is 3. The highest BCUT2D eigenvalue weighted by Gasteiger charge is 2.21. The summed E-state index contributed by atoms with van der Waals surface area (Å²) in [6, 6.07) is 5.82. The molecule has 1 aromatic heterocycles. The standard InChI is InChI=1S/C17H17ClFN3O/c1-10-8-20-16(21-9-11-2-3-11)7-13(10)17(23)22-12-4-5-15(19)14(18)6-12/h4-8,11H,2-3,9H2,1H3,(H,20,21)(H,22,23). The van der Waals surface area contributed by atoms with E-state index in [4.69, 9.17) is 11.6 Å². The van der Waals surface area contributed by atoms with Crippen LogP contribution < -0.4 is 10.6 Å². The van der Waals surface area contributed by atoms with E-state index in [-0.39, 0.29) is 10.9 Å². The number of benzene rings is 1. The molecule has 3 rings (SSSR count). The lowest BCUT2D eigenvalue weighted by Crippen LogP contribution is -2.15. The van der Waals surface area contributed by atoms with Crippen molar-refractivity contribution >= 4 is 29.0 Å². The van der Waals surface area contributed by atoms with E-state index in [1.165, 1.54) is 31.0 Å². The molecule has 1 fully saturated rings. The number of halogens is 2. The van der Waals surface area contributed by atoms with Crippen LogP contribution in [0.3, 0.4) is 0 Å². The third-order valence-electron chi connectivity index (χ3n) is 3.79. The van der Waals surface area contributed by atoms with Crippen molar-refractivity contribution in [1.29, 1.82) is 0 Å². The van der Waals surface area contributed by atoms with Crippen molar-refractivity contribution in [1.82, 2.24) is 4.98 Å². The zero-order valence-corrected chi connectivity index (χ0v) is 13.5. The SMILES string of the molecule is Cc1cnc(NCC2CC2)cc1C(=O)Nc1ccc(F)c(Cl)c1. The number of rotatable bonds is 5. The van der Waals surface area contributed by atoms with Gasteiger partial charge in [-0.05, 0) is 55.5 Å². The van der Waals surface area contributed by atoms with Crippen molar-refractivity contribution in [3.05, 3.63) is 52.4 Å². The van der Waals surface area contributed by atoms with E-state index in [1.807, 2.05) is 6.92 Å². The smallest absolute Gasteiger partial charge is 0.256 e. The molecule has 1 saturated carbocycles. The molecule has 23 heavy (non-hydrogen) atoms. The topological polar surface area (TPSA) is 54.0 Å². The molecule has 0 aliphatic heterocycles. The maximum Gasteiger partial charge on any atom is 0.256 e. The molecule has 0 atom stereocenters. The summed E-state index contributed by atoms with van der Waals surface area (Å²) in [6.45, 7) is 2.70. The van der Waals surface area contributed by atoms with Crippen LogP contribution in [-0.4, -0.2) is 17.4 Å². The van der Waals surface area contributed by atoms with Gasteiger partial charge in [-0.15, -0.1) is 0 Å². The Kier molecular flexibility index (Phi) is 4.48. The van der Waals surface area contributed by atoms with Crippen molar-refractivity contribution in [2.75, 3.05) is 17.2 Å². The molecule has 120 valence electrons. The number of pyridine rings is 1. The van der Waals surface area contributed by atoms with E-state index in [2.05, 4.69) is 15.6 Å². The molecule has 2 N–H and O–H groups in total. The maximum absolute atomic E-state index is 13.2. The molecule has 2 aromatic rings. The van der Waals surface area contributed by atoms with Gasteiger partial charge in [0, 0.05) is 24.0 Å². The molecular formula is C17H17ClFN3O. The molecule has 6 heteroatoms. The lowest BCUT2D eigenvalue weighted by Gasteiger charge is -2.11. The predicted octanol–water partition coefficient (Wildman–Crippen LogP) is 4.26. The summed E-state index contributed by atoms with van der Waals surface area (Å²) < 4.78 is 13.2. The number of anilines is 2. The van der Waals surface area contributed by atoms with Gasteiger partial charge in [0.2, 0.25) is 0 Å². The lowest BCUT2D eigenvalue weighted by molar-refractivity contribution is 0.102. The second-order valence-electron chi connectivity index (χ2n) is 5.79. The zero-order chi connectivity index (χ0) is 16.4. The van der Waals surface area contributed by atoms with Crippen molar-refractivity contribution < 1.29 is 9.18 Å². The van der Waals surface area contributed by atoms with Crippen LogP contribution in [0.5, 0.6) is 0 Å². The number of aryl methyl sites for hydroxylation is 1. The monoisotopic (exact) mass is 333 g/mol. The van der Waals surface area contributed by atoms with E-state index < -0.39 is 5.82 Å². The van der Waals surface area contributed by atoms with E-state index in [0.717, 1.165) is 18.0 Å². The molecule has 1 aliphatic rings. The van der Waals surface area contributed by atoms with Gasteiger partial charge in [-0.25, -0.2) is 9.37 Å². The molecule has 0 bridgehead atoms. The number of carbonyl (C=O) groups excluding carboxylic acids is 1. The Morgan fingerprint density at radius 3 is 2.87 bits per heavy atom. The normalized spacial score (nSPS) is 13.7. The molecular weight excluding hydrogens is 317 g/mol. The van der Waals surface area contributed by atoms with Crippen LogP contribution in [0.4, 0.5) is 15.9 Å². The average molecular weight is 334 g/mol. The second-order valence-corrected chi connectivity index (χ2v) is 6.20. The lowest BCUT2D eigenvalue weighted by atomic mass is 10.1. The molecule has 0 spiro atoms. The van der Waals surface area contributed by atoms with Gasteiger partial charge in [0.05, 0.1) is 5.02 Å². The van der Waals surface area contributed by atoms with Crippen LogP contribution in [0.25, 0.3) is 0 Å². The van der Waals surface area contributed by atoms with Crippen LogP contribution in [0.15, 0.2) is 30.5 Å². The largest absolute Gasteiger partial charge is 0.370 e. The number of amides is 1. The first kappa shape index (κ1) is 15.7. The summed E-state index contributed by atoms with van der Waals surface area (Å²) >= 11 is 5.73. The zero-order valence-electron chi connectivity index (χ0n) is 12.7. The fourth-order valence-electron chi connectivity index (χ4n) is 2.21. The second kappa shape index (κ2) is 6.54. The van der Waals surface area contributed by atoms with Gasteiger partial charge in [0.1, 0.15) is 11.6 Å². The predicted molar refractivity (Wildman–Crippen MR) is 89.6 cm³/mol. The summed E-state index contributed by atoms with van der Waals surface area (Å²) in [5, 5.41) is 5.95. The van der Waals surface area contributed by atoms with Crippen molar-refractivity contribution in [2.45, 2.75) is 19.8 Å². The quantitative estimate of drug-likeness (QED) is 0.859. The van der Waals surface area contributed by atoms with Crippen LogP contribution in [0.1, 0.15) is 28.8 Å². The van der Waals surface area contributed by atoms with Crippen molar-refractivity contribution in [3.8, 4) is 0 Å². The first-order valence-electron chi connectivity index (χ1n) is 7.50. The molecule has 0 unspecified atom stereocenters. The van der Waals surface area contributed by atoms with Crippen LogP contribution >= 0.6 is 11.6 Å². The third-order valence-corrected chi connectivity index (χ3v) is 4.08. The van der Waals surface area contributed by atoms with Crippen molar-refractivity contribution in [3.63, 3.8) is 0 Å². The minimum Gasteiger partial charge on any atom is -0.370 e. The Morgan fingerprint density at radius 1 is 1.39 bits per heavy atom. The highest BCUT2D eigenvalue weighted by atomic mass is 35.5. The maximum atomic E-state index is 13.2. The highest BCUT2D eigenvalue weighted by molar-refractivity contribution is 6.31. The highest BCUT2D eigenvalue weighted by Crippen LogP contribution is 2.29. The Labute approximate surface area is 139 Å². The first-order chi connectivity index (χ1) is 11.0. The number of aromatic nitrogens is 1. The molecule has 0 radical (unpaired) electrons. The summed E-state index contributed by atoms with van der Waals surface area (Å²) in [5.41, 5.74) is 1.75. The van der Waals surface area contributed by atoms with Gasteiger partial charge in [0.15, 0.2) is 0 Å². The Balaban J connectivity index is 1.74. The summed E-state index contributed by atoms with van der Waals surface area (Å²) in [7, 11) is 0. The third kappa shape index (κ3) is 3.99. The fraction of sp³-hybridized carbons (Fsp3) is 0.294. The van der Waals surface area contributed by atoms with Gasteiger partial charge >= 0.3 is 0 Å². The van der Waals surface area contributed by atoms with Gasteiger partial charge in [-0.1, -0.05) is 11.6 Å². The molecule has 0 saturated heterocycles. The van der Waals surface area contributed by atoms with Gasteiger partial charge in [-0.2, -0.15) is 0 Å². The molecule has 1 aromatic carbocycles. The number of nitrogens with one attached hydrogen (secondary N) is 2. The summed E-state index contributed by atoms with van der Waals surface area (Å²) in [4.78, 5) is 16.7. The van der Waals surface area contributed by atoms with Gasteiger partial charge in [-0.3, -0.25) is 4.79 Å². The van der Waals surface area contributed by atoms with Gasteiger partial charge < -0.3 is 10.6 Å². The Hall–Kier alpha value is -2.14. The molecule has 1 heterocycles. The van der Waals surface area contributed by atoms with E-state index >= 15 is 0 Å². The fourth-order valence-corrected chi connectivity index (χ4v) is 2.39. The van der Waals surface area contributed by atoms with Crippen LogP contribution in [0.2, 0.25) is 5.02 Å². The van der Waals surface area contributed by atoms with E-state index in [0.29, 0.717) is 17.1 Å². The average Bonchev–Trinajstić information content (AvgIpc) is 3.34. The van der Waals surface area contributed by atoms with Crippen LogP contribution in [-0.2, 0) is 0 Å². The summed E-state index contributed by atoms with van der Waals surface area (Å²) in [5.74, 6) is 0.611.